The zero-order valence-electron chi connectivity index (χ0n) is 20.5. The number of hydrogen-bond acceptors (Lipinski definition) is 2. The van der Waals surface area contributed by atoms with Crippen molar-refractivity contribution in [1.82, 2.24) is 9.42 Å². The molecule has 1 spiro atoms. The molecule has 14 heteroatoms. The van der Waals surface area contributed by atoms with E-state index >= 15 is 0 Å². The molecule has 1 N–H and O–H groups in total. The predicted octanol–water partition coefficient (Wildman–Crippen LogP) is 1.07. The van der Waals surface area contributed by atoms with Crippen LogP contribution in [0.4, 0.5) is 0 Å². The minimum atomic E-state index is -2.15. The SMILES string of the molecule is [B]1B2B3[B-]P123NP12(c3cc4c5c6c3c3ccccc3n6-c3ccccc3B5c3ccccc3O4)B3[B-]B1B32. The monoisotopic (exact) mass is 507 g/mol. The van der Waals surface area contributed by atoms with Gasteiger partial charge in [-0.3, -0.25) is 0 Å². The summed E-state index contributed by atoms with van der Waals surface area (Å²) in [5, 5.41) is 4.62. The van der Waals surface area contributed by atoms with Gasteiger partial charge in [-0.05, 0) is 0 Å². The molecule has 7 fully saturated rings. The van der Waals surface area contributed by atoms with Gasteiger partial charge in [-0.1, -0.05) is 0 Å². The number of aromatic nitrogens is 1. The molecule has 10 heterocycles. The van der Waals surface area contributed by atoms with Gasteiger partial charge in [0.1, 0.15) is 0 Å². The Bertz CT molecular complexity index is 2120. The second-order valence-corrected chi connectivity index (χ2v) is 23.7. The Kier molecular flexibility index (Phi) is 2.48. The normalized spacial score (nSPS) is 27.1. The number of fused-ring (bicyclic) bond motifs is 9. The molecule has 38 heavy (non-hydrogen) atoms. The molecule has 0 saturated carbocycles. The van der Waals surface area contributed by atoms with Crippen LogP contribution in [-0.2, 0) is 0 Å². The second kappa shape index (κ2) is 4.96. The maximum atomic E-state index is 6.89. The fourth-order valence-electron chi connectivity index (χ4n) is 10.2. The number of hydrogen-bond donors (Lipinski definition) is 1. The summed E-state index contributed by atoms with van der Waals surface area (Å²) in [6, 6.07) is 29.6. The molecule has 5 radical (unpaired) electrons. The van der Waals surface area contributed by atoms with Crippen LogP contribution in [0.5, 0.6) is 11.5 Å². The van der Waals surface area contributed by atoms with Crippen molar-refractivity contribution < 1.29 is 4.74 Å². The number of para-hydroxylation sites is 3. The molecule has 5 aromatic rings. The fourth-order valence-corrected chi connectivity index (χ4v) is 29.6. The molecule has 4 aromatic carbocycles. The summed E-state index contributed by atoms with van der Waals surface area (Å²) in [5.74, 6) is 2.13. The van der Waals surface area contributed by atoms with Crippen LogP contribution in [0.2, 0.25) is 0 Å². The molecule has 7 saturated heterocycles. The van der Waals surface area contributed by atoms with Crippen molar-refractivity contribution >= 4 is 115 Å². The van der Waals surface area contributed by atoms with E-state index in [1.54, 1.807) is 5.30 Å². The minimum absolute atomic E-state index is 0.202. The zero-order chi connectivity index (χ0) is 24.0. The molecular weight excluding hydrogens is 492 g/mol. The van der Waals surface area contributed by atoms with Crippen LogP contribution in [0.1, 0.15) is 0 Å². The van der Waals surface area contributed by atoms with Crippen LogP contribution in [0.25, 0.3) is 27.5 Å². The molecule has 0 aliphatic carbocycles. The summed E-state index contributed by atoms with van der Waals surface area (Å²) in [5.41, 5.74) is 8.13. The van der Waals surface area contributed by atoms with Gasteiger partial charge in [0.2, 0.25) is 0 Å². The topological polar surface area (TPSA) is 26.2 Å². The third-order valence-electron chi connectivity index (χ3n) is 12.4. The predicted molar refractivity (Wildman–Crippen MR) is 175 cm³/mol. The Morgan fingerprint density at radius 2 is 1.63 bits per heavy atom. The summed E-state index contributed by atoms with van der Waals surface area (Å²) < 4.78 is 9.48. The quantitative estimate of drug-likeness (QED) is 0.287. The molecule has 0 atom stereocenters. The summed E-state index contributed by atoms with van der Waals surface area (Å²) in [4.78, 5) is 4.70. The van der Waals surface area contributed by atoms with Crippen molar-refractivity contribution in [3.63, 3.8) is 0 Å². The molecule has 2 bridgehead atoms. The zero-order valence-corrected chi connectivity index (χ0v) is 22.2. The van der Waals surface area contributed by atoms with Crippen LogP contribution in [0, 0.1) is 0 Å². The van der Waals surface area contributed by atoms with Crippen LogP contribution in [-0.4, -0.2) is 63.2 Å². The Morgan fingerprint density at radius 3 is 2.39 bits per heavy atom. The van der Waals surface area contributed by atoms with Gasteiger partial charge in [0.05, 0.1) is 0 Å². The van der Waals surface area contributed by atoms with E-state index in [-0.39, 0.29) is 6.71 Å². The molecule has 0 unspecified atom stereocenters. The van der Waals surface area contributed by atoms with Crippen molar-refractivity contribution in [3.05, 3.63) is 78.9 Å². The molecule has 0 amide bonds. The van der Waals surface area contributed by atoms with E-state index in [0.29, 0.717) is 0 Å². The van der Waals surface area contributed by atoms with Gasteiger partial charge in [0, 0.05) is 0 Å². The maximum absolute atomic E-state index is 6.89. The third kappa shape index (κ3) is 1.49. The summed E-state index contributed by atoms with van der Waals surface area (Å²) in [7, 11) is 2.69. The average Bonchev–Trinajstić information content (AvgIpc) is 3.89. The van der Waals surface area contributed by atoms with Crippen molar-refractivity contribution in [2.45, 2.75) is 0 Å². The van der Waals surface area contributed by atoms with E-state index in [0.717, 1.165) is 42.6 Å². The molecule has 1 aromatic heterocycles. The van der Waals surface area contributed by atoms with Crippen molar-refractivity contribution in [1.29, 1.82) is 0 Å². The van der Waals surface area contributed by atoms with E-state index in [4.69, 9.17) is 9.59 Å². The van der Waals surface area contributed by atoms with Gasteiger partial charge in [-0.2, -0.15) is 0 Å². The first-order chi connectivity index (χ1) is 18.7. The molecule has 3 nitrogen and oxygen atoms in total. The van der Waals surface area contributed by atoms with E-state index in [1.807, 2.05) is 0 Å². The number of benzene rings is 4. The van der Waals surface area contributed by atoms with Gasteiger partial charge in [0.25, 0.3) is 0 Å². The van der Waals surface area contributed by atoms with Crippen molar-refractivity contribution in [2.75, 3.05) is 0 Å². The molecule has 9 aliphatic heterocycles. The first-order valence-corrected chi connectivity index (χ1v) is 19.0. The number of nitrogens with zero attached hydrogens (tertiary/aromatic N) is 1. The third-order valence-corrected chi connectivity index (χ3v) is 26.8. The number of nitrogens with one attached hydrogen (secondary N) is 1. The van der Waals surface area contributed by atoms with E-state index in [9.17, 15) is 0 Å². The van der Waals surface area contributed by atoms with Crippen LogP contribution >= 0.6 is 12.7 Å². The van der Waals surface area contributed by atoms with Gasteiger partial charge in [0.15, 0.2) is 0 Å². The van der Waals surface area contributed by atoms with Crippen LogP contribution in [0.15, 0.2) is 78.9 Å². The first kappa shape index (κ1) is 19.0. The van der Waals surface area contributed by atoms with Crippen LogP contribution < -0.4 is 31.3 Å². The van der Waals surface area contributed by atoms with Crippen molar-refractivity contribution in [3.8, 4) is 17.2 Å². The van der Waals surface area contributed by atoms with Gasteiger partial charge < -0.3 is 0 Å². The average molecular weight is 506 g/mol. The fraction of sp³-hybridized carbons (Fsp3) is 0. The van der Waals surface area contributed by atoms with E-state index in [1.165, 1.54) is 43.9 Å². The molecule has 14 rings (SSSR count). The standard InChI is InChI=1S/C24H14B9N2OP2/c1-4-10-17-14(7-1)22-21(37(29-25-30(37)33(29)37)34-38-26-31(38)32(38)27-38)13-20-23-24(22)35(17)18-11-5-2-8-15(18)28(23)16-9-3-6-12-19(16)36-20/h1-13,34H/q-2. The Morgan fingerprint density at radius 1 is 0.868 bits per heavy atom. The first-order valence-electron chi connectivity index (χ1n) is 14.1. The Balaban J connectivity index is 1.23. The van der Waals surface area contributed by atoms with Gasteiger partial charge in [-0.25, -0.2) is 0 Å². The summed E-state index contributed by atoms with van der Waals surface area (Å²) >= 11 is 0. The van der Waals surface area contributed by atoms with Crippen molar-refractivity contribution in [2.24, 2.45) is 0 Å². The van der Waals surface area contributed by atoms with Gasteiger partial charge in [-0.15, -0.1) is 0 Å². The van der Waals surface area contributed by atoms with Gasteiger partial charge >= 0.3 is 225 Å². The summed E-state index contributed by atoms with van der Waals surface area (Å²) in [6.07, 6.45) is 0.624. The van der Waals surface area contributed by atoms with E-state index < -0.39 is 12.7 Å². The Hall–Kier alpha value is -2.12. The molecule has 9 aliphatic rings. The van der Waals surface area contributed by atoms with E-state index in [2.05, 4.69) is 104 Å². The second-order valence-electron chi connectivity index (χ2n) is 13.3. The molecular formula is C24H14B9N2OP2-2. The molecule has 165 valence electrons. The Labute approximate surface area is 224 Å². The summed E-state index contributed by atoms with van der Waals surface area (Å²) in [6.45, 7) is 5.69. The number of ether oxygens (including phenoxy) is 1. The van der Waals surface area contributed by atoms with Crippen LogP contribution in [0.3, 0.4) is 0 Å². The number of rotatable bonds is 3.